The van der Waals surface area contributed by atoms with Crippen molar-refractivity contribution < 1.29 is 9.59 Å². The van der Waals surface area contributed by atoms with Crippen molar-refractivity contribution >= 4 is 11.8 Å². The van der Waals surface area contributed by atoms with E-state index in [0.717, 1.165) is 25.7 Å². The van der Waals surface area contributed by atoms with Crippen LogP contribution in [-0.2, 0) is 9.59 Å². The zero-order chi connectivity index (χ0) is 14.8. The minimum Gasteiger partial charge on any atom is -0.344 e. The number of hydrogen-bond donors (Lipinski definition) is 1. The molecule has 1 saturated carbocycles. The first-order chi connectivity index (χ1) is 9.43. The molecule has 1 aliphatic carbocycles. The summed E-state index contributed by atoms with van der Waals surface area (Å²) < 4.78 is 0. The van der Waals surface area contributed by atoms with Gasteiger partial charge < -0.3 is 10.2 Å². The van der Waals surface area contributed by atoms with Crippen LogP contribution in [0.5, 0.6) is 0 Å². The Kier molecular flexibility index (Phi) is 4.71. The van der Waals surface area contributed by atoms with Crippen LogP contribution in [0.4, 0.5) is 0 Å². The molecule has 2 rings (SSSR count). The van der Waals surface area contributed by atoms with Crippen LogP contribution in [0.1, 0.15) is 65.7 Å². The minimum atomic E-state index is -0.306. The van der Waals surface area contributed by atoms with Crippen LogP contribution in [0.15, 0.2) is 0 Å². The van der Waals surface area contributed by atoms with Gasteiger partial charge in [-0.25, -0.2) is 0 Å². The molecule has 0 aromatic carbocycles. The molecule has 0 aromatic rings. The van der Waals surface area contributed by atoms with Gasteiger partial charge >= 0.3 is 0 Å². The third-order valence-electron chi connectivity index (χ3n) is 4.69. The zero-order valence-corrected chi connectivity index (χ0v) is 13.1. The third-order valence-corrected chi connectivity index (χ3v) is 4.69. The molecule has 1 saturated heterocycles. The number of rotatable bonds is 3. The first-order valence-electron chi connectivity index (χ1n) is 8.03. The van der Waals surface area contributed by atoms with E-state index in [0.29, 0.717) is 24.4 Å². The lowest BCUT2D eigenvalue weighted by Crippen LogP contribution is -2.50. The van der Waals surface area contributed by atoms with Crippen LogP contribution in [0.25, 0.3) is 0 Å². The Morgan fingerprint density at radius 1 is 1.35 bits per heavy atom. The SMILES string of the molecule is CCCC1NC(=O)CCN(C2CCCC(C)(C)C2)C1=O. The molecule has 0 aromatic heterocycles. The van der Waals surface area contributed by atoms with Crippen molar-refractivity contribution in [1.82, 2.24) is 10.2 Å². The molecule has 1 heterocycles. The van der Waals surface area contributed by atoms with E-state index in [-0.39, 0.29) is 17.9 Å². The number of carbonyl (C=O) groups is 2. The van der Waals surface area contributed by atoms with Crippen molar-refractivity contribution in [2.24, 2.45) is 5.41 Å². The Balaban J connectivity index is 2.12. The lowest BCUT2D eigenvalue weighted by molar-refractivity contribution is -0.137. The number of nitrogens with one attached hydrogen (secondary N) is 1. The molecular weight excluding hydrogens is 252 g/mol. The Bertz CT molecular complexity index is 379. The maximum atomic E-state index is 12.7. The van der Waals surface area contributed by atoms with Crippen LogP contribution in [0, 0.1) is 5.41 Å². The van der Waals surface area contributed by atoms with Gasteiger partial charge in [-0.15, -0.1) is 0 Å². The van der Waals surface area contributed by atoms with Crippen molar-refractivity contribution in [2.75, 3.05) is 6.54 Å². The van der Waals surface area contributed by atoms with Crippen LogP contribution in [0.3, 0.4) is 0 Å². The lowest BCUT2D eigenvalue weighted by Gasteiger charge is -2.41. The summed E-state index contributed by atoms with van der Waals surface area (Å²) in [4.78, 5) is 26.5. The fourth-order valence-electron chi connectivity index (χ4n) is 3.63. The number of hydrogen-bond acceptors (Lipinski definition) is 2. The van der Waals surface area contributed by atoms with Gasteiger partial charge in [0.25, 0.3) is 0 Å². The highest BCUT2D eigenvalue weighted by Gasteiger charge is 2.37. The van der Waals surface area contributed by atoms with E-state index in [9.17, 15) is 9.59 Å². The molecule has 20 heavy (non-hydrogen) atoms. The topological polar surface area (TPSA) is 49.4 Å². The van der Waals surface area contributed by atoms with Gasteiger partial charge in [-0.1, -0.05) is 33.6 Å². The second-order valence-electron chi connectivity index (χ2n) is 7.10. The largest absolute Gasteiger partial charge is 0.344 e. The Labute approximate surface area is 122 Å². The fourth-order valence-corrected chi connectivity index (χ4v) is 3.63. The van der Waals surface area contributed by atoms with Crippen LogP contribution < -0.4 is 5.32 Å². The van der Waals surface area contributed by atoms with Crippen molar-refractivity contribution in [1.29, 1.82) is 0 Å². The Morgan fingerprint density at radius 3 is 2.75 bits per heavy atom. The average Bonchev–Trinajstić information content (AvgIpc) is 2.49. The molecule has 2 unspecified atom stereocenters. The summed E-state index contributed by atoms with van der Waals surface area (Å²) in [5.41, 5.74) is 0.313. The van der Waals surface area contributed by atoms with Crippen molar-refractivity contribution in [3.63, 3.8) is 0 Å². The summed E-state index contributed by atoms with van der Waals surface area (Å²) in [6.07, 6.45) is 6.68. The summed E-state index contributed by atoms with van der Waals surface area (Å²) >= 11 is 0. The van der Waals surface area contributed by atoms with Crippen LogP contribution in [-0.4, -0.2) is 35.3 Å². The van der Waals surface area contributed by atoms with Gasteiger partial charge in [0.2, 0.25) is 11.8 Å². The highest BCUT2D eigenvalue weighted by molar-refractivity contribution is 5.90. The predicted octanol–water partition coefficient (Wildman–Crippen LogP) is 2.47. The molecule has 2 amide bonds. The quantitative estimate of drug-likeness (QED) is 0.863. The van der Waals surface area contributed by atoms with E-state index in [1.54, 1.807) is 0 Å². The van der Waals surface area contributed by atoms with Gasteiger partial charge in [0.15, 0.2) is 0 Å². The standard InChI is InChI=1S/C16H28N2O2/c1-4-6-13-15(20)18(10-8-14(19)17-13)12-7-5-9-16(2,3)11-12/h12-13H,4-11H2,1-3H3,(H,17,19). The van der Waals surface area contributed by atoms with E-state index in [1.165, 1.54) is 12.8 Å². The van der Waals surface area contributed by atoms with Gasteiger partial charge in [0.05, 0.1) is 0 Å². The number of amides is 2. The molecule has 0 bridgehead atoms. The molecule has 114 valence electrons. The molecule has 2 atom stereocenters. The first-order valence-corrected chi connectivity index (χ1v) is 8.03. The second-order valence-corrected chi connectivity index (χ2v) is 7.10. The molecule has 0 radical (unpaired) electrons. The van der Waals surface area contributed by atoms with Gasteiger partial charge in [-0.2, -0.15) is 0 Å². The van der Waals surface area contributed by atoms with Crippen LogP contribution >= 0.6 is 0 Å². The first kappa shape index (κ1) is 15.3. The van der Waals surface area contributed by atoms with Crippen LogP contribution in [0.2, 0.25) is 0 Å². The molecule has 4 heteroatoms. The molecule has 2 aliphatic rings. The normalized spacial score (nSPS) is 30.9. The van der Waals surface area contributed by atoms with Gasteiger partial charge in [0.1, 0.15) is 6.04 Å². The van der Waals surface area contributed by atoms with E-state index in [4.69, 9.17) is 0 Å². The molecule has 4 nitrogen and oxygen atoms in total. The summed E-state index contributed by atoms with van der Waals surface area (Å²) in [6.45, 7) is 7.22. The fraction of sp³-hybridized carbons (Fsp3) is 0.875. The highest BCUT2D eigenvalue weighted by Crippen LogP contribution is 2.37. The Hall–Kier alpha value is -1.06. The number of carbonyl (C=O) groups excluding carboxylic acids is 2. The highest BCUT2D eigenvalue weighted by atomic mass is 16.2. The maximum absolute atomic E-state index is 12.7. The molecule has 1 N–H and O–H groups in total. The van der Waals surface area contributed by atoms with Crippen molar-refractivity contribution in [3.05, 3.63) is 0 Å². The molecule has 0 spiro atoms. The molecule has 2 fully saturated rings. The van der Waals surface area contributed by atoms with Gasteiger partial charge in [-0.05, 0) is 31.1 Å². The summed E-state index contributed by atoms with van der Waals surface area (Å²) in [7, 11) is 0. The smallest absolute Gasteiger partial charge is 0.245 e. The third kappa shape index (κ3) is 3.53. The number of nitrogens with zero attached hydrogens (tertiary/aromatic N) is 1. The zero-order valence-electron chi connectivity index (χ0n) is 13.1. The lowest BCUT2D eigenvalue weighted by atomic mass is 9.74. The summed E-state index contributed by atoms with van der Waals surface area (Å²) in [5, 5.41) is 2.89. The van der Waals surface area contributed by atoms with Gasteiger partial charge in [0, 0.05) is 19.0 Å². The van der Waals surface area contributed by atoms with Gasteiger partial charge in [-0.3, -0.25) is 9.59 Å². The Morgan fingerprint density at radius 2 is 2.10 bits per heavy atom. The van der Waals surface area contributed by atoms with E-state index in [1.807, 2.05) is 4.90 Å². The summed E-state index contributed by atoms with van der Waals surface area (Å²) in [5.74, 6) is 0.162. The maximum Gasteiger partial charge on any atom is 0.245 e. The monoisotopic (exact) mass is 280 g/mol. The average molecular weight is 280 g/mol. The van der Waals surface area contributed by atoms with E-state index < -0.39 is 0 Å². The second kappa shape index (κ2) is 6.15. The van der Waals surface area contributed by atoms with Crippen molar-refractivity contribution in [3.8, 4) is 0 Å². The molecule has 1 aliphatic heterocycles. The van der Waals surface area contributed by atoms with E-state index >= 15 is 0 Å². The van der Waals surface area contributed by atoms with E-state index in [2.05, 4.69) is 26.1 Å². The summed E-state index contributed by atoms with van der Waals surface area (Å²) in [6, 6.07) is 0.0124. The minimum absolute atomic E-state index is 0.0226. The predicted molar refractivity (Wildman–Crippen MR) is 79.2 cm³/mol. The molecular formula is C16H28N2O2. The van der Waals surface area contributed by atoms with Crippen molar-refractivity contribution in [2.45, 2.75) is 77.8 Å².